The number of likely N-dealkylation sites (tertiary alicyclic amines) is 1. The van der Waals surface area contributed by atoms with E-state index in [9.17, 15) is 0 Å². The molecule has 1 aliphatic carbocycles. The summed E-state index contributed by atoms with van der Waals surface area (Å²) >= 11 is 0. The lowest BCUT2D eigenvalue weighted by molar-refractivity contribution is 0.292. The summed E-state index contributed by atoms with van der Waals surface area (Å²) in [5.74, 6) is 1.71. The number of rotatable bonds is 3. The summed E-state index contributed by atoms with van der Waals surface area (Å²) < 4.78 is 0. The van der Waals surface area contributed by atoms with Crippen molar-refractivity contribution in [3.05, 3.63) is 29.8 Å². The third-order valence-electron chi connectivity index (χ3n) is 4.97. The average molecular weight is 244 g/mol. The molecule has 1 aromatic carbocycles. The van der Waals surface area contributed by atoms with Crippen molar-refractivity contribution in [2.24, 2.45) is 11.8 Å². The maximum atomic E-state index is 5.78. The standard InChI is InChI=1S/C16H24N2/c1-12-9-18(10-13(12)2)11-16(7-8-16)14-3-5-15(17)6-4-14/h3-6,12-13H,7-11,17H2,1-2H3. The number of benzene rings is 1. The van der Waals surface area contributed by atoms with Crippen LogP contribution in [0.2, 0.25) is 0 Å². The minimum absolute atomic E-state index is 0.442. The molecule has 2 unspecified atom stereocenters. The zero-order valence-electron chi connectivity index (χ0n) is 11.5. The van der Waals surface area contributed by atoms with Crippen LogP contribution < -0.4 is 5.73 Å². The molecule has 98 valence electrons. The number of nitrogens with two attached hydrogens (primary N) is 1. The number of hydrogen-bond acceptors (Lipinski definition) is 2. The summed E-state index contributed by atoms with van der Waals surface area (Å²) in [7, 11) is 0. The number of nitrogen functional groups attached to an aromatic ring is 1. The molecule has 0 spiro atoms. The normalized spacial score (nSPS) is 30.6. The Bertz CT molecular complexity index is 409. The first-order valence-electron chi connectivity index (χ1n) is 7.17. The van der Waals surface area contributed by atoms with Crippen LogP contribution in [0.5, 0.6) is 0 Å². The molecule has 0 radical (unpaired) electrons. The molecule has 0 aromatic heterocycles. The van der Waals surface area contributed by atoms with E-state index >= 15 is 0 Å². The van der Waals surface area contributed by atoms with Gasteiger partial charge >= 0.3 is 0 Å². The van der Waals surface area contributed by atoms with Crippen LogP contribution in [-0.2, 0) is 5.41 Å². The fraction of sp³-hybridized carbons (Fsp3) is 0.625. The molecule has 2 fully saturated rings. The molecular formula is C16H24N2. The summed E-state index contributed by atoms with van der Waals surface area (Å²) in [6.45, 7) is 8.56. The lowest BCUT2D eigenvalue weighted by Crippen LogP contribution is -2.31. The second-order valence-electron chi connectivity index (χ2n) is 6.55. The van der Waals surface area contributed by atoms with Crippen LogP contribution >= 0.6 is 0 Å². The van der Waals surface area contributed by atoms with Gasteiger partial charge in [-0.05, 0) is 42.4 Å². The summed E-state index contributed by atoms with van der Waals surface area (Å²) in [6.07, 6.45) is 2.69. The molecule has 2 heteroatoms. The number of anilines is 1. The van der Waals surface area contributed by atoms with Crippen LogP contribution in [0.15, 0.2) is 24.3 Å². The average Bonchev–Trinajstić information content (AvgIpc) is 3.03. The van der Waals surface area contributed by atoms with Gasteiger partial charge in [-0.1, -0.05) is 26.0 Å². The highest BCUT2D eigenvalue weighted by Gasteiger charge is 2.46. The van der Waals surface area contributed by atoms with Crippen LogP contribution in [0.1, 0.15) is 32.3 Å². The first kappa shape index (κ1) is 12.0. The summed E-state index contributed by atoms with van der Waals surface area (Å²) in [4.78, 5) is 2.67. The summed E-state index contributed by atoms with van der Waals surface area (Å²) in [5, 5.41) is 0. The highest BCUT2D eigenvalue weighted by atomic mass is 15.2. The molecule has 0 bridgehead atoms. The van der Waals surface area contributed by atoms with Crippen LogP contribution in [0.3, 0.4) is 0 Å². The number of nitrogens with zero attached hydrogens (tertiary/aromatic N) is 1. The largest absolute Gasteiger partial charge is 0.399 e. The van der Waals surface area contributed by atoms with E-state index in [-0.39, 0.29) is 0 Å². The van der Waals surface area contributed by atoms with E-state index in [2.05, 4.69) is 30.9 Å². The van der Waals surface area contributed by atoms with E-state index in [0.29, 0.717) is 5.41 Å². The van der Waals surface area contributed by atoms with Crippen molar-refractivity contribution in [3.8, 4) is 0 Å². The highest BCUT2D eigenvalue weighted by Crippen LogP contribution is 2.49. The smallest absolute Gasteiger partial charge is 0.0314 e. The van der Waals surface area contributed by atoms with Gasteiger partial charge < -0.3 is 10.6 Å². The molecule has 1 saturated carbocycles. The quantitative estimate of drug-likeness (QED) is 0.828. The minimum atomic E-state index is 0.442. The Morgan fingerprint density at radius 3 is 2.17 bits per heavy atom. The van der Waals surface area contributed by atoms with Crippen molar-refractivity contribution in [1.82, 2.24) is 4.90 Å². The second-order valence-corrected chi connectivity index (χ2v) is 6.55. The molecule has 1 aliphatic heterocycles. The maximum Gasteiger partial charge on any atom is 0.0314 e. The van der Waals surface area contributed by atoms with Gasteiger partial charge in [0.05, 0.1) is 0 Å². The van der Waals surface area contributed by atoms with Gasteiger partial charge in [0.1, 0.15) is 0 Å². The SMILES string of the molecule is CC1CN(CC2(c3ccc(N)cc3)CC2)CC1C. The van der Waals surface area contributed by atoms with E-state index in [1.807, 2.05) is 12.1 Å². The lowest BCUT2D eigenvalue weighted by atomic mass is 9.95. The predicted molar refractivity (Wildman–Crippen MR) is 76.5 cm³/mol. The van der Waals surface area contributed by atoms with Crippen LogP contribution in [0.25, 0.3) is 0 Å². The lowest BCUT2D eigenvalue weighted by Gasteiger charge is -2.24. The van der Waals surface area contributed by atoms with Crippen molar-refractivity contribution in [1.29, 1.82) is 0 Å². The molecule has 3 rings (SSSR count). The topological polar surface area (TPSA) is 29.3 Å². The Labute approximate surface area is 110 Å². The summed E-state index contributed by atoms with van der Waals surface area (Å²) in [6, 6.07) is 8.55. The Balaban J connectivity index is 1.70. The number of hydrogen-bond donors (Lipinski definition) is 1. The van der Waals surface area contributed by atoms with Gasteiger partial charge in [0.15, 0.2) is 0 Å². The van der Waals surface area contributed by atoms with Gasteiger partial charge in [-0.3, -0.25) is 0 Å². The molecular weight excluding hydrogens is 220 g/mol. The second kappa shape index (κ2) is 4.27. The Morgan fingerprint density at radius 2 is 1.67 bits per heavy atom. The molecule has 2 N–H and O–H groups in total. The zero-order chi connectivity index (χ0) is 12.8. The third kappa shape index (κ3) is 2.14. The Kier molecular flexibility index (Phi) is 2.86. The summed E-state index contributed by atoms with van der Waals surface area (Å²) in [5.41, 5.74) is 8.58. The van der Waals surface area contributed by atoms with Gasteiger partial charge in [-0.2, -0.15) is 0 Å². The molecule has 2 aliphatic rings. The van der Waals surface area contributed by atoms with Crippen LogP contribution in [0.4, 0.5) is 5.69 Å². The predicted octanol–water partition coefficient (Wildman–Crippen LogP) is 2.89. The molecule has 2 nitrogen and oxygen atoms in total. The molecule has 0 amide bonds. The van der Waals surface area contributed by atoms with Gasteiger partial charge in [0.25, 0.3) is 0 Å². The first-order valence-corrected chi connectivity index (χ1v) is 7.17. The minimum Gasteiger partial charge on any atom is -0.399 e. The maximum absolute atomic E-state index is 5.78. The van der Waals surface area contributed by atoms with E-state index in [1.54, 1.807) is 0 Å². The van der Waals surface area contributed by atoms with E-state index in [4.69, 9.17) is 5.73 Å². The van der Waals surface area contributed by atoms with E-state index < -0.39 is 0 Å². The fourth-order valence-corrected chi connectivity index (χ4v) is 3.33. The van der Waals surface area contributed by atoms with E-state index in [0.717, 1.165) is 17.5 Å². The third-order valence-corrected chi connectivity index (χ3v) is 4.97. The molecule has 1 heterocycles. The van der Waals surface area contributed by atoms with E-state index in [1.165, 1.54) is 38.0 Å². The highest BCUT2D eigenvalue weighted by molar-refractivity contribution is 5.43. The molecule has 1 aromatic rings. The van der Waals surface area contributed by atoms with Gasteiger partial charge in [0, 0.05) is 30.7 Å². The molecule has 1 saturated heterocycles. The zero-order valence-corrected chi connectivity index (χ0v) is 11.5. The fourth-order valence-electron chi connectivity index (χ4n) is 3.33. The molecule has 18 heavy (non-hydrogen) atoms. The van der Waals surface area contributed by atoms with Crippen LogP contribution in [-0.4, -0.2) is 24.5 Å². The van der Waals surface area contributed by atoms with Crippen LogP contribution in [0, 0.1) is 11.8 Å². The Morgan fingerprint density at radius 1 is 1.11 bits per heavy atom. The van der Waals surface area contributed by atoms with Crippen molar-refractivity contribution >= 4 is 5.69 Å². The van der Waals surface area contributed by atoms with Gasteiger partial charge in [-0.25, -0.2) is 0 Å². The monoisotopic (exact) mass is 244 g/mol. The first-order chi connectivity index (χ1) is 8.59. The van der Waals surface area contributed by atoms with Crippen molar-refractivity contribution in [2.45, 2.75) is 32.1 Å². The van der Waals surface area contributed by atoms with Crippen molar-refractivity contribution < 1.29 is 0 Å². The molecule has 2 atom stereocenters. The Hall–Kier alpha value is -1.02. The van der Waals surface area contributed by atoms with Crippen molar-refractivity contribution in [3.63, 3.8) is 0 Å². The van der Waals surface area contributed by atoms with Gasteiger partial charge in [0.2, 0.25) is 0 Å². The van der Waals surface area contributed by atoms with Crippen molar-refractivity contribution in [2.75, 3.05) is 25.4 Å². The van der Waals surface area contributed by atoms with Gasteiger partial charge in [-0.15, -0.1) is 0 Å².